The van der Waals surface area contributed by atoms with Crippen LogP contribution in [0.4, 0.5) is 5.69 Å². The van der Waals surface area contributed by atoms with Gasteiger partial charge in [-0.05, 0) is 78.0 Å². The van der Waals surface area contributed by atoms with E-state index in [4.69, 9.17) is 4.74 Å². The van der Waals surface area contributed by atoms with E-state index in [2.05, 4.69) is 27.9 Å². The Kier molecular flexibility index (Phi) is 5.93. The molecule has 0 aliphatic heterocycles. The summed E-state index contributed by atoms with van der Waals surface area (Å²) in [6.07, 6.45) is 0. The van der Waals surface area contributed by atoms with Gasteiger partial charge in [0.25, 0.3) is 0 Å². The molecular formula is C16H16INO2S. The van der Waals surface area contributed by atoms with Crippen LogP contribution < -0.4 is 10.1 Å². The van der Waals surface area contributed by atoms with Crippen molar-refractivity contribution in [2.45, 2.75) is 17.1 Å². The second kappa shape index (κ2) is 7.70. The van der Waals surface area contributed by atoms with Gasteiger partial charge >= 0.3 is 0 Å². The summed E-state index contributed by atoms with van der Waals surface area (Å²) in [5, 5.41) is 2.76. The van der Waals surface area contributed by atoms with Crippen molar-refractivity contribution in [1.82, 2.24) is 0 Å². The summed E-state index contributed by atoms with van der Waals surface area (Å²) in [6, 6.07) is 15.5. The van der Waals surface area contributed by atoms with Crippen LogP contribution in [0.3, 0.4) is 0 Å². The highest BCUT2D eigenvalue weighted by molar-refractivity contribution is 14.1. The molecule has 0 bridgehead atoms. The summed E-state index contributed by atoms with van der Waals surface area (Å²) < 4.78 is 6.27. The molecule has 2 aromatic carbocycles. The molecule has 0 unspecified atom stereocenters. The number of ether oxygens (including phenoxy) is 1. The zero-order valence-corrected chi connectivity index (χ0v) is 14.8. The number of anilines is 1. The number of hydrogen-bond acceptors (Lipinski definition) is 3. The molecule has 110 valence electrons. The van der Waals surface area contributed by atoms with Crippen LogP contribution in [0, 0.1) is 3.57 Å². The zero-order valence-electron chi connectivity index (χ0n) is 11.8. The van der Waals surface area contributed by atoms with Gasteiger partial charge in [-0.15, -0.1) is 11.8 Å². The lowest BCUT2D eigenvalue weighted by molar-refractivity contribution is -0.115. The average molecular weight is 413 g/mol. The quantitative estimate of drug-likeness (QED) is 0.583. The van der Waals surface area contributed by atoms with E-state index in [0.29, 0.717) is 0 Å². The monoisotopic (exact) mass is 413 g/mol. The van der Waals surface area contributed by atoms with Gasteiger partial charge in [-0.1, -0.05) is 0 Å². The summed E-state index contributed by atoms with van der Waals surface area (Å²) >= 11 is 3.76. The van der Waals surface area contributed by atoms with E-state index in [1.807, 2.05) is 55.5 Å². The zero-order chi connectivity index (χ0) is 15.2. The number of halogens is 1. The van der Waals surface area contributed by atoms with Crippen molar-refractivity contribution in [2.24, 2.45) is 0 Å². The third-order valence-electron chi connectivity index (χ3n) is 2.85. The molecular weight excluding hydrogens is 397 g/mol. The number of carbonyl (C=O) groups excluding carboxylic acids is 1. The van der Waals surface area contributed by atoms with Crippen molar-refractivity contribution in [3.05, 3.63) is 52.1 Å². The van der Waals surface area contributed by atoms with Gasteiger partial charge < -0.3 is 10.1 Å². The van der Waals surface area contributed by atoms with E-state index in [1.54, 1.807) is 7.11 Å². The number of nitrogens with one attached hydrogen (secondary N) is 1. The SMILES string of the molecule is COc1ccc(S[C@H](C)C(=O)Nc2ccc(I)cc2)cc1. The number of carbonyl (C=O) groups is 1. The Morgan fingerprint density at radius 1 is 1.14 bits per heavy atom. The average Bonchev–Trinajstić information content (AvgIpc) is 2.50. The third kappa shape index (κ3) is 4.93. The van der Waals surface area contributed by atoms with Crippen LogP contribution in [0.25, 0.3) is 0 Å². The largest absolute Gasteiger partial charge is 0.497 e. The molecule has 2 aromatic rings. The molecule has 3 nitrogen and oxygen atoms in total. The Morgan fingerprint density at radius 3 is 2.33 bits per heavy atom. The minimum absolute atomic E-state index is 0.00275. The first-order chi connectivity index (χ1) is 10.1. The van der Waals surface area contributed by atoms with Crippen molar-refractivity contribution in [3.63, 3.8) is 0 Å². The maximum Gasteiger partial charge on any atom is 0.237 e. The molecule has 0 heterocycles. The summed E-state index contributed by atoms with van der Waals surface area (Å²) in [5.74, 6) is 0.812. The lowest BCUT2D eigenvalue weighted by Gasteiger charge is -2.12. The smallest absolute Gasteiger partial charge is 0.237 e. The first-order valence-electron chi connectivity index (χ1n) is 6.45. The van der Waals surface area contributed by atoms with Crippen molar-refractivity contribution in [2.75, 3.05) is 12.4 Å². The summed E-state index contributed by atoms with van der Waals surface area (Å²) in [5.41, 5.74) is 0.822. The van der Waals surface area contributed by atoms with Crippen LogP contribution in [-0.4, -0.2) is 18.3 Å². The summed E-state index contributed by atoms with van der Waals surface area (Å²) in [6.45, 7) is 1.90. The Hall–Kier alpha value is -1.21. The first-order valence-corrected chi connectivity index (χ1v) is 8.41. The van der Waals surface area contributed by atoms with Crippen LogP contribution in [0.1, 0.15) is 6.92 Å². The molecule has 0 aliphatic carbocycles. The van der Waals surface area contributed by atoms with E-state index in [9.17, 15) is 4.79 Å². The van der Waals surface area contributed by atoms with Gasteiger partial charge in [0.15, 0.2) is 0 Å². The minimum Gasteiger partial charge on any atom is -0.497 e. The van der Waals surface area contributed by atoms with Gasteiger partial charge in [0.2, 0.25) is 5.91 Å². The lowest BCUT2D eigenvalue weighted by Crippen LogP contribution is -2.22. The number of thioether (sulfide) groups is 1. The maximum absolute atomic E-state index is 12.2. The molecule has 1 N–H and O–H groups in total. The molecule has 0 saturated carbocycles. The second-order valence-electron chi connectivity index (χ2n) is 4.43. The Morgan fingerprint density at radius 2 is 1.76 bits per heavy atom. The van der Waals surface area contributed by atoms with Gasteiger partial charge in [-0.25, -0.2) is 0 Å². The predicted molar refractivity (Wildman–Crippen MR) is 96.1 cm³/mol. The molecule has 0 aromatic heterocycles. The van der Waals surface area contributed by atoms with Gasteiger partial charge in [-0.3, -0.25) is 4.79 Å². The van der Waals surface area contributed by atoms with Gasteiger partial charge in [0, 0.05) is 14.2 Å². The molecule has 21 heavy (non-hydrogen) atoms. The van der Waals surface area contributed by atoms with E-state index in [-0.39, 0.29) is 11.2 Å². The molecule has 0 spiro atoms. The number of amides is 1. The Bertz CT molecular complexity index is 599. The highest BCUT2D eigenvalue weighted by Crippen LogP contribution is 2.26. The van der Waals surface area contributed by atoms with Crippen molar-refractivity contribution < 1.29 is 9.53 Å². The fourth-order valence-corrected chi connectivity index (χ4v) is 2.92. The molecule has 1 amide bonds. The summed E-state index contributed by atoms with van der Waals surface area (Å²) in [4.78, 5) is 13.2. The number of rotatable bonds is 5. The van der Waals surface area contributed by atoms with Crippen LogP contribution in [0.2, 0.25) is 0 Å². The molecule has 1 atom stereocenters. The highest BCUT2D eigenvalue weighted by Gasteiger charge is 2.14. The minimum atomic E-state index is -0.169. The fourth-order valence-electron chi connectivity index (χ4n) is 1.69. The topological polar surface area (TPSA) is 38.3 Å². The van der Waals surface area contributed by atoms with E-state index in [1.165, 1.54) is 11.8 Å². The van der Waals surface area contributed by atoms with Crippen molar-refractivity contribution >= 4 is 45.9 Å². The Labute approximate surface area is 142 Å². The van der Waals surface area contributed by atoms with E-state index in [0.717, 1.165) is 19.9 Å². The van der Waals surface area contributed by atoms with Crippen LogP contribution in [0.5, 0.6) is 5.75 Å². The molecule has 0 saturated heterocycles. The lowest BCUT2D eigenvalue weighted by atomic mass is 10.3. The van der Waals surface area contributed by atoms with Crippen molar-refractivity contribution in [1.29, 1.82) is 0 Å². The van der Waals surface area contributed by atoms with E-state index < -0.39 is 0 Å². The highest BCUT2D eigenvalue weighted by atomic mass is 127. The first kappa shape index (κ1) is 16.2. The molecule has 2 rings (SSSR count). The number of methoxy groups -OCH3 is 1. The number of hydrogen-bond donors (Lipinski definition) is 1. The third-order valence-corrected chi connectivity index (χ3v) is 4.68. The van der Waals surface area contributed by atoms with Gasteiger partial charge in [0.1, 0.15) is 5.75 Å². The maximum atomic E-state index is 12.2. The van der Waals surface area contributed by atoms with Crippen LogP contribution in [-0.2, 0) is 4.79 Å². The van der Waals surface area contributed by atoms with E-state index >= 15 is 0 Å². The molecule has 5 heteroatoms. The fraction of sp³-hybridized carbons (Fsp3) is 0.188. The van der Waals surface area contributed by atoms with Crippen molar-refractivity contribution in [3.8, 4) is 5.75 Å². The summed E-state index contributed by atoms with van der Waals surface area (Å²) in [7, 11) is 1.64. The molecule has 0 aliphatic rings. The predicted octanol–water partition coefficient (Wildman–Crippen LogP) is 4.42. The molecule has 0 fully saturated rings. The molecule has 0 radical (unpaired) electrons. The normalized spacial score (nSPS) is 11.8. The van der Waals surface area contributed by atoms with Crippen LogP contribution >= 0.6 is 34.4 Å². The standard InChI is InChI=1S/C16H16INO2S/c1-11(21-15-9-7-14(20-2)8-10-15)16(19)18-13-5-3-12(17)4-6-13/h3-11H,1-2H3,(H,18,19)/t11-/m1/s1. The second-order valence-corrected chi connectivity index (χ2v) is 7.09. The Balaban J connectivity index is 1.93. The number of benzene rings is 2. The van der Waals surface area contributed by atoms with Gasteiger partial charge in [-0.2, -0.15) is 0 Å². The van der Waals surface area contributed by atoms with Crippen LogP contribution in [0.15, 0.2) is 53.4 Å². The van der Waals surface area contributed by atoms with Gasteiger partial charge in [0.05, 0.1) is 12.4 Å².